The molecule has 118 valence electrons. The maximum Gasteiger partial charge on any atom is 0.239 e. The zero-order chi connectivity index (χ0) is 15.8. The first kappa shape index (κ1) is 17.2. The van der Waals surface area contributed by atoms with E-state index in [9.17, 15) is 4.79 Å². The summed E-state index contributed by atoms with van der Waals surface area (Å²) in [5, 5.41) is 0. The maximum absolute atomic E-state index is 11.7. The van der Waals surface area contributed by atoms with Crippen molar-refractivity contribution in [3.8, 4) is 0 Å². The monoisotopic (exact) mass is 299 g/mol. The lowest BCUT2D eigenvalue weighted by Crippen LogP contribution is -2.34. The van der Waals surface area contributed by atoms with E-state index in [1.54, 1.807) is 26.0 Å². The molecular formula is C12H21N5O4. The number of ether oxygens (including phenoxy) is 3. The molecule has 1 heterocycles. The molecule has 9 nitrogen and oxygen atoms in total. The molecule has 1 amide bonds. The second kappa shape index (κ2) is 8.45. The van der Waals surface area contributed by atoms with E-state index in [2.05, 4.69) is 15.0 Å². The van der Waals surface area contributed by atoms with Crippen molar-refractivity contribution >= 4 is 17.8 Å². The van der Waals surface area contributed by atoms with Crippen LogP contribution < -0.4 is 9.80 Å². The van der Waals surface area contributed by atoms with E-state index in [-0.39, 0.29) is 32.0 Å². The Labute approximate surface area is 123 Å². The molecule has 0 aliphatic carbocycles. The molecule has 1 aromatic rings. The third-order valence-corrected chi connectivity index (χ3v) is 2.46. The Morgan fingerprint density at radius 1 is 0.952 bits per heavy atom. The summed E-state index contributed by atoms with van der Waals surface area (Å²) in [7, 11) is 4.61. The van der Waals surface area contributed by atoms with Crippen LogP contribution in [0.15, 0.2) is 0 Å². The molecule has 0 unspecified atom stereocenters. The van der Waals surface area contributed by atoms with Gasteiger partial charge in [0.1, 0.15) is 26.0 Å². The highest BCUT2D eigenvalue weighted by atomic mass is 16.5. The fourth-order valence-electron chi connectivity index (χ4n) is 1.60. The van der Waals surface area contributed by atoms with Gasteiger partial charge in [-0.2, -0.15) is 15.0 Å². The molecule has 0 aliphatic heterocycles. The van der Waals surface area contributed by atoms with Crippen molar-refractivity contribution in [1.82, 2.24) is 15.0 Å². The summed E-state index contributed by atoms with van der Waals surface area (Å²) in [5.74, 6) is 0.848. The fraction of sp³-hybridized carbons (Fsp3) is 0.667. The lowest BCUT2D eigenvalue weighted by atomic mass is 10.5. The summed E-state index contributed by atoms with van der Waals surface area (Å²) in [4.78, 5) is 27.3. The molecular weight excluding hydrogens is 278 g/mol. The maximum atomic E-state index is 11.7. The Morgan fingerprint density at radius 3 is 1.95 bits per heavy atom. The number of rotatable bonds is 8. The van der Waals surface area contributed by atoms with E-state index in [4.69, 9.17) is 14.2 Å². The second-order valence-electron chi connectivity index (χ2n) is 4.22. The third kappa shape index (κ3) is 4.88. The van der Waals surface area contributed by atoms with Crippen molar-refractivity contribution in [1.29, 1.82) is 0 Å². The van der Waals surface area contributed by atoms with Gasteiger partial charge in [0.25, 0.3) is 0 Å². The van der Waals surface area contributed by atoms with Crippen molar-refractivity contribution in [2.75, 3.05) is 51.3 Å². The molecule has 9 heteroatoms. The number of hydrogen-bond acceptors (Lipinski definition) is 8. The van der Waals surface area contributed by atoms with E-state index < -0.39 is 0 Å². The standard InChI is InChI=1S/C12H21N5O4/c1-9-13-11(16(6-19-3)7-20-4)15-12(14-9)17(8-21-5)10(2)18/h6-8H2,1-5H3. The molecule has 0 fully saturated rings. The molecule has 1 rings (SSSR count). The zero-order valence-corrected chi connectivity index (χ0v) is 13.0. The normalized spacial score (nSPS) is 10.5. The van der Waals surface area contributed by atoms with Crippen LogP contribution in [0.5, 0.6) is 0 Å². The largest absolute Gasteiger partial charge is 0.364 e. The lowest BCUT2D eigenvalue weighted by Gasteiger charge is -2.23. The van der Waals surface area contributed by atoms with E-state index in [0.717, 1.165) is 0 Å². The smallest absolute Gasteiger partial charge is 0.239 e. The summed E-state index contributed by atoms with van der Waals surface area (Å²) in [6, 6.07) is 0. The van der Waals surface area contributed by atoms with Crippen LogP contribution in [-0.2, 0) is 19.0 Å². The first-order chi connectivity index (χ1) is 10.0. The molecule has 21 heavy (non-hydrogen) atoms. The topological polar surface area (TPSA) is 89.9 Å². The number of carbonyl (C=O) groups excluding carboxylic acids is 1. The quantitative estimate of drug-likeness (QED) is 0.627. The van der Waals surface area contributed by atoms with Crippen LogP contribution in [-0.4, -0.2) is 62.4 Å². The Balaban J connectivity index is 3.14. The summed E-state index contributed by atoms with van der Waals surface area (Å²) >= 11 is 0. The summed E-state index contributed by atoms with van der Waals surface area (Å²) in [6.07, 6.45) is 0. The molecule has 0 aromatic carbocycles. The third-order valence-electron chi connectivity index (χ3n) is 2.46. The lowest BCUT2D eigenvalue weighted by molar-refractivity contribution is -0.117. The number of aryl methyl sites for hydroxylation is 1. The van der Waals surface area contributed by atoms with Gasteiger partial charge in [-0.3, -0.25) is 14.6 Å². The van der Waals surface area contributed by atoms with Crippen molar-refractivity contribution in [2.45, 2.75) is 13.8 Å². The van der Waals surface area contributed by atoms with Gasteiger partial charge in [-0.25, -0.2) is 0 Å². The Morgan fingerprint density at radius 2 is 1.48 bits per heavy atom. The van der Waals surface area contributed by atoms with Crippen molar-refractivity contribution in [2.24, 2.45) is 0 Å². The Bertz CT molecular complexity index is 465. The Kier molecular flexibility index (Phi) is 6.92. The molecule has 0 saturated heterocycles. The number of carbonyl (C=O) groups is 1. The molecule has 0 saturated carbocycles. The van der Waals surface area contributed by atoms with Crippen molar-refractivity contribution in [3.63, 3.8) is 0 Å². The predicted molar refractivity (Wildman–Crippen MR) is 75.8 cm³/mol. The number of methoxy groups -OCH3 is 3. The number of nitrogens with zero attached hydrogens (tertiary/aromatic N) is 5. The van der Waals surface area contributed by atoms with E-state index in [1.165, 1.54) is 18.9 Å². The van der Waals surface area contributed by atoms with E-state index >= 15 is 0 Å². The van der Waals surface area contributed by atoms with Gasteiger partial charge in [-0.05, 0) is 6.92 Å². The first-order valence-corrected chi connectivity index (χ1v) is 6.26. The molecule has 0 bridgehead atoms. The average Bonchev–Trinajstić information content (AvgIpc) is 2.43. The molecule has 0 aliphatic rings. The minimum atomic E-state index is -0.224. The van der Waals surface area contributed by atoms with E-state index in [1.807, 2.05) is 0 Å². The number of aromatic nitrogens is 3. The fourth-order valence-corrected chi connectivity index (χ4v) is 1.60. The highest BCUT2D eigenvalue weighted by Crippen LogP contribution is 2.14. The van der Waals surface area contributed by atoms with Crippen LogP contribution in [0.2, 0.25) is 0 Å². The Hall–Kier alpha value is -1.84. The van der Waals surface area contributed by atoms with Gasteiger partial charge in [0.2, 0.25) is 17.8 Å². The average molecular weight is 299 g/mol. The van der Waals surface area contributed by atoms with Crippen LogP contribution in [0.4, 0.5) is 11.9 Å². The minimum absolute atomic E-state index is 0.0623. The van der Waals surface area contributed by atoms with Crippen molar-refractivity contribution < 1.29 is 19.0 Å². The van der Waals surface area contributed by atoms with Gasteiger partial charge < -0.3 is 14.2 Å². The second-order valence-corrected chi connectivity index (χ2v) is 4.22. The van der Waals surface area contributed by atoms with E-state index in [0.29, 0.717) is 11.8 Å². The molecule has 0 N–H and O–H groups in total. The van der Waals surface area contributed by atoms with Gasteiger partial charge in [-0.15, -0.1) is 0 Å². The summed E-state index contributed by atoms with van der Waals surface area (Å²) in [5.41, 5.74) is 0. The van der Waals surface area contributed by atoms with Gasteiger partial charge in [-0.1, -0.05) is 0 Å². The summed E-state index contributed by atoms with van der Waals surface area (Å²) < 4.78 is 15.2. The van der Waals surface area contributed by atoms with Crippen LogP contribution in [0.3, 0.4) is 0 Å². The van der Waals surface area contributed by atoms with Gasteiger partial charge in [0, 0.05) is 28.3 Å². The van der Waals surface area contributed by atoms with Crippen LogP contribution in [0.25, 0.3) is 0 Å². The highest BCUT2D eigenvalue weighted by molar-refractivity contribution is 5.89. The molecule has 0 spiro atoms. The molecule has 0 radical (unpaired) electrons. The van der Waals surface area contributed by atoms with Crippen LogP contribution >= 0.6 is 0 Å². The van der Waals surface area contributed by atoms with Crippen LogP contribution in [0, 0.1) is 6.92 Å². The predicted octanol–water partition coefficient (Wildman–Crippen LogP) is 0.151. The van der Waals surface area contributed by atoms with Crippen molar-refractivity contribution in [3.05, 3.63) is 5.82 Å². The minimum Gasteiger partial charge on any atom is -0.364 e. The SMILES string of the molecule is COCN(COC)c1nc(C)nc(N(COC)C(C)=O)n1. The van der Waals surface area contributed by atoms with Gasteiger partial charge in [0.05, 0.1) is 0 Å². The number of amides is 1. The summed E-state index contributed by atoms with van der Waals surface area (Å²) in [6.45, 7) is 3.70. The zero-order valence-electron chi connectivity index (χ0n) is 13.0. The highest BCUT2D eigenvalue weighted by Gasteiger charge is 2.18. The number of hydrogen-bond donors (Lipinski definition) is 0. The van der Waals surface area contributed by atoms with Gasteiger partial charge in [0.15, 0.2) is 0 Å². The molecule has 1 aromatic heterocycles. The number of anilines is 2. The van der Waals surface area contributed by atoms with Gasteiger partial charge >= 0.3 is 0 Å². The molecule has 0 atom stereocenters. The van der Waals surface area contributed by atoms with Crippen LogP contribution in [0.1, 0.15) is 12.7 Å². The first-order valence-electron chi connectivity index (χ1n) is 6.26.